The number of rotatable bonds is 3. The van der Waals surface area contributed by atoms with Gasteiger partial charge in [-0.3, -0.25) is 0 Å². The number of aromatic nitrogens is 1. The van der Waals surface area contributed by atoms with Gasteiger partial charge in [0, 0.05) is 23.5 Å². The van der Waals surface area contributed by atoms with Crippen molar-refractivity contribution in [1.82, 2.24) is 4.98 Å². The number of thiazole rings is 1. The Labute approximate surface area is 160 Å². The van der Waals surface area contributed by atoms with Crippen molar-refractivity contribution in [3.63, 3.8) is 0 Å². The zero-order valence-electron chi connectivity index (χ0n) is 15.0. The molecule has 0 amide bonds. The van der Waals surface area contributed by atoms with E-state index in [-0.39, 0.29) is 10.5 Å². The maximum atomic E-state index is 12.8. The lowest BCUT2D eigenvalue weighted by Gasteiger charge is -2.26. The predicted molar refractivity (Wildman–Crippen MR) is 103 cm³/mol. The third-order valence-corrected chi connectivity index (χ3v) is 5.94. The van der Waals surface area contributed by atoms with Crippen molar-refractivity contribution >= 4 is 27.8 Å². The van der Waals surface area contributed by atoms with Crippen LogP contribution in [0.15, 0.2) is 53.6 Å². The molecular formula is C20H20F3N3S. The summed E-state index contributed by atoms with van der Waals surface area (Å²) >= 11 is 0.959. The molecule has 1 aliphatic carbocycles. The van der Waals surface area contributed by atoms with Gasteiger partial charge in [-0.05, 0) is 30.0 Å². The van der Waals surface area contributed by atoms with Gasteiger partial charge in [-0.15, -0.1) is 11.3 Å². The lowest BCUT2D eigenvalue weighted by molar-refractivity contribution is -0.140. The van der Waals surface area contributed by atoms with Crippen LogP contribution in [0.4, 0.5) is 29.7 Å². The van der Waals surface area contributed by atoms with Gasteiger partial charge in [0.1, 0.15) is 0 Å². The second kappa shape index (κ2) is 6.41. The van der Waals surface area contributed by atoms with E-state index in [9.17, 15) is 13.2 Å². The summed E-state index contributed by atoms with van der Waals surface area (Å²) in [6.07, 6.45) is 2.99. The van der Waals surface area contributed by atoms with E-state index in [1.165, 1.54) is 5.70 Å². The summed E-state index contributed by atoms with van der Waals surface area (Å²) < 4.78 is 38.5. The fourth-order valence-corrected chi connectivity index (χ4v) is 4.57. The van der Waals surface area contributed by atoms with Crippen LogP contribution in [-0.4, -0.2) is 11.5 Å². The van der Waals surface area contributed by atoms with Gasteiger partial charge in [0.2, 0.25) is 0 Å². The molecule has 0 radical (unpaired) electrons. The van der Waals surface area contributed by atoms with Gasteiger partial charge in [0.15, 0.2) is 10.8 Å². The Morgan fingerprint density at radius 3 is 2.78 bits per heavy atom. The first-order chi connectivity index (χ1) is 12.8. The summed E-state index contributed by atoms with van der Waals surface area (Å²) in [6, 6.07) is 7.70. The van der Waals surface area contributed by atoms with Crippen molar-refractivity contribution in [1.29, 1.82) is 0 Å². The first kappa shape index (κ1) is 18.1. The molecule has 4 rings (SSSR count). The molecule has 7 heteroatoms. The molecule has 1 unspecified atom stereocenters. The van der Waals surface area contributed by atoms with Crippen LogP contribution in [0.25, 0.3) is 0 Å². The average Bonchev–Trinajstić information content (AvgIpc) is 3.19. The number of nitrogens with zero attached hydrogens (tertiary/aromatic N) is 2. The number of anilines is 3. The number of benzene rings is 1. The summed E-state index contributed by atoms with van der Waals surface area (Å²) in [5.41, 5.74) is 2.22. The Morgan fingerprint density at radius 2 is 2.04 bits per heavy atom. The third-order valence-electron chi connectivity index (χ3n) is 5.18. The number of fused-ring (bicyclic) bond motifs is 1. The normalized spacial score (nSPS) is 21.1. The molecule has 1 fully saturated rings. The van der Waals surface area contributed by atoms with Gasteiger partial charge >= 0.3 is 6.18 Å². The molecule has 1 N–H and O–H groups in total. The Kier molecular flexibility index (Phi) is 4.29. The number of alkyl halides is 3. The van der Waals surface area contributed by atoms with E-state index in [1.54, 1.807) is 0 Å². The number of hydrogen-bond donors (Lipinski definition) is 1. The van der Waals surface area contributed by atoms with Crippen LogP contribution in [-0.2, 0) is 6.18 Å². The van der Waals surface area contributed by atoms with Crippen molar-refractivity contribution in [3.8, 4) is 0 Å². The molecule has 27 heavy (non-hydrogen) atoms. The molecule has 1 aromatic carbocycles. The maximum Gasteiger partial charge on any atom is 0.434 e. The monoisotopic (exact) mass is 391 g/mol. The maximum absolute atomic E-state index is 12.8. The van der Waals surface area contributed by atoms with Gasteiger partial charge in [-0.1, -0.05) is 38.1 Å². The van der Waals surface area contributed by atoms with Crippen LogP contribution in [0, 0.1) is 11.3 Å². The standard InChI is InChI=1S/C20H20F3N3S/c1-19(2)12-26(15-9-5-3-7-13(15)19)16-10-6-4-8-14(16)24-18-25-17(11-27-18)20(21,22)23/h3-6,8-11,13H,7,12H2,1-2H3,(H,24,25). The highest BCUT2D eigenvalue weighted by Gasteiger charge is 2.43. The molecule has 1 aromatic heterocycles. The molecular weight excluding hydrogens is 371 g/mol. The Hall–Kier alpha value is -2.28. The zero-order chi connectivity index (χ0) is 19.2. The third kappa shape index (κ3) is 3.36. The van der Waals surface area contributed by atoms with Crippen LogP contribution in [0.3, 0.4) is 0 Å². The number of allylic oxidation sites excluding steroid dienone is 4. The minimum absolute atomic E-state index is 0.119. The summed E-state index contributed by atoms with van der Waals surface area (Å²) in [7, 11) is 0. The van der Waals surface area contributed by atoms with Gasteiger partial charge < -0.3 is 10.2 Å². The molecule has 2 aliphatic rings. The fourth-order valence-electron chi connectivity index (χ4n) is 3.84. The number of para-hydroxylation sites is 2. The van der Waals surface area contributed by atoms with Crippen LogP contribution in [0.1, 0.15) is 26.0 Å². The highest BCUT2D eigenvalue weighted by molar-refractivity contribution is 7.13. The van der Waals surface area contributed by atoms with E-state index in [4.69, 9.17) is 0 Å². The second-order valence-corrected chi connectivity index (χ2v) is 8.42. The summed E-state index contributed by atoms with van der Waals surface area (Å²) in [5.74, 6) is 0.437. The van der Waals surface area contributed by atoms with Crippen molar-refractivity contribution in [2.45, 2.75) is 26.4 Å². The first-order valence-corrected chi connectivity index (χ1v) is 9.67. The topological polar surface area (TPSA) is 28.2 Å². The van der Waals surface area contributed by atoms with Crippen molar-refractivity contribution in [2.24, 2.45) is 11.3 Å². The van der Waals surface area contributed by atoms with E-state index in [0.29, 0.717) is 5.92 Å². The largest absolute Gasteiger partial charge is 0.434 e. The Morgan fingerprint density at radius 1 is 1.26 bits per heavy atom. The summed E-state index contributed by atoms with van der Waals surface area (Å²) in [6.45, 7) is 5.38. The van der Waals surface area contributed by atoms with Crippen LogP contribution in [0.2, 0.25) is 0 Å². The quantitative estimate of drug-likeness (QED) is 0.674. The highest BCUT2D eigenvalue weighted by Crippen LogP contribution is 2.49. The van der Waals surface area contributed by atoms with Crippen LogP contribution in [0.5, 0.6) is 0 Å². The lowest BCUT2D eigenvalue weighted by Crippen LogP contribution is -2.23. The van der Waals surface area contributed by atoms with Gasteiger partial charge in [-0.25, -0.2) is 4.98 Å². The molecule has 1 aliphatic heterocycles. The smallest absolute Gasteiger partial charge is 0.343 e. The zero-order valence-corrected chi connectivity index (χ0v) is 15.9. The number of nitrogens with one attached hydrogen (secondary N) is 1. The van der Waals surface area contributed by atoms with Crippen molar-refractivity contribution in [2.75, 3.05) is 16.8 Å². The van der Waals surface area contributed by atoms with Gasteiger partial charge in [-0.2, -0.15) is 13.2 Å². The van der Waals surface area contributed by atoms with E-state index >= 15 is 0 Å². The van der Waals surface area contributed by atoms with Crippen LogP contribution < -0.4 is 10.2 Å². The second-order valence-electron chi connectivity index (χ2n) is 7.56. The molecule has 2 heterocycles. The molecule has 0 spiro atoms. The van der Waals surface area contributed by atoms with Crippen molar-refractivity contribution in [3.05, 3.63) is 59.3 Å². The molecule has 0 saturated carbocycles. The summed E-state index contributed by atoms with van der Waals surface area (Å²) in [5, 5.41) is 4.36. The fraction of sp³-hybridized carbons (Fsp3) is 0.350. The van der Waals surface area contributed by atoms with Crippen LogP contribution >= 0.6 is 11.3 Å². The molecule has 3 nitrogen and oxygen atoms in total. The SMILES string of the molecule is CC1(C)CN(c2ccccc2Nc2nc(C(F)(F)F)cs2)C2=CC=CCC21. The van der Waals surface area contributed by atoms with Crippen molar-refractivity contribution < 1.29 is 13.2 Å². The van der Waals surface area contributed by atoms with E-state index < -0.39 is 11.9 Å². The van der Waals surface area contributed by atoms with Gasteiger partial charge in [0.05, 0.1) is 11.4 Å². The van der Waals surface area contributed by atoms with E-state index in [1.807, 2.05) is 24.3 Å². The summed E-state index contributed by atoms with van der Waals surface area (Å²) in [4.78, 5) is 5.97. The Balaban J connectivity index is 1.67. The number of halogens is 3. The number of hydrogen-bond acceptors (Lipinski definition) is 4. The first-order valence-electron chi connectivity index (χ1n) is 8.79. The highest BCUT2D eigenvalue weighted by atomic mass is 32.1. The molecule has 142 valence electrons. The molecule has 1 atom stereocenters. The van der Waals surface area contributed by atoms with E-state index in [2.05, 4.69) is 47.3 Å². The Bertz CT molecular complexity index is 911. The molecule has 2 aromatic rings. The average molecular weight is 391 g/mol. The minimum atomic E-state index is -4.43. The minimum Gasteiger partial charge on any atom is -0.343 e. The predicted octanol–water partition coefficient (Wildman–Crippen LogP) is 6.21. The molecule has 1 saturated heterocycles. The van der Waals surface area contributed by atoms with Gasteiger partial charge in [0.25, 0.3) is 0 Å². The lowest BCUT2D eigenvalue weighted by atomic mass is 9.77. The molecule has 0 bridgehead atoms. The van der Waals surface area contributed by atoms with E-state index in [0.717, 1.165) is 41.1 Å².